The van der Waals surface area contributed by atoms with Gasteiger partial charge in [0.05, 0.1) is 18.6 Å². The van der Waals surface area contributed by atoms with Gasteiger partial charge in [-0.25, -0.2) is 4.98 Å². The predicted octanol–water partition coefficient (Wildman–Crippen LogP) is 0.122. The van der Waals surface area contributed by atoms with E-state index in [1.165, 1.54) is 0 Å². The highest BCUT2D eigenvalue weighted by molar-refractivity contribution is 5.38. The summed E-state index contributed by atoms with van der Waals surface area (Å²) in [5.41, 5.74) is 0.994. The second-order valence-electron chi connectivity index (χ2n) is 2.03. The Hall–Kier alpha value is -1.03. The molecule has 4 heteroatoms. The summed E-state index contributed by atoms with van der Waals surface area (Å²) in [5.74, 6) is 0.814. The molecule has 0 atom stereocenters. The molecule has 56 valence electrons. The third-order valence-electron chi connectivity index (χ3n) is 1.23. The molecule has 0 aliphatic heterocycles. The molecule has 0 aromatic carbocycles. The number of aromatic amines is 1. The van der Waals surface area contributed by atoms with E-state index < -0.39 is 0 Å². The summed E-state index contributed by atoms with van der Waals surface area (Å²) >= 11 is 0. The van der Waals surface area contributed by atoms with E-state index in [0.717, 1.165) is 11.5 Å². The predicted molar refractivity (Wildman–Crippen MR) is 38.9 cm³/mol. The molecule has 0 radical (unpaired) electrons. The van der Waals surface area contributed by atoms with E-state index in [1.54, 1.807) is 6.33 Å². The lowest BCUT2D eigenvalue weighted by atomic mass is 10.5. The van der Waals surface area contributed by atoms with E-state index >= 15 is 0 Å². The van der Waals surface area contributed by atoms with E-state index in [2.05, 4.69) is 15.3 Å². The van der Waals surface area contributed by atoms with Gasteiger partial charge in [0.15, 0.2) is 0 Å². The minimum Gasteiger partial charge on any atom is -0.395 e. The third-order valence-corrected chi connectivity index (χ3v) is 1.23. The number of aryl methyl sites for hydroxylation is 1. The monoisotopic (exact) mass is 141 g/mol. The normalized spacial score (nSPS) is 9.80. The summed E-state index contributed by atoms with van der Waals surface area (Å²) in [5, 5.41) is 11.4. The molecule has 1 rings (SSSR count). The van der Waals surface area contributed by atoms with Crippen molar-refractivity contribution in [1.82, 2.24) is 9.97 Å². The van der Waals surface area contributed by atoms with Gasteiger partial charge in [0.25, 0.3) is 0 Å². The Balaban J connectivity index is 2.49. The van der Waals surface area contributed by atoms with Gasteiger partial charge in [-0.15, -0.1) is 0 Å². The average molecular weight is 141 g/mol. The van der Waals surface area contributed by atoms with Crippen molar-refractivity contribution in [2.24, 2.45) is 0 Å². The van der Waals surface area contributed by atoms with Gasteiger partial charge in [0.2, 0.25) is 0 Å². The van der Waals surface area contributed by atoms with Crippen molar-refractivity contribution in [3.8, 4) is 0 Å². The van der Waals surface area contributed by atoms with Gasteiger partial charge in [0.1, 0.15) is 5.82 Å². The van der Waals surface area contributed by atoms with Crippen LogP contribution in [0.5, 0.6) is 0 Å². The molecule has 0 saturated carbocycles. The van der Waals surface area contributed by atoms with Gasteiger partial charge >= 0.3 is 0 Å². The topological polar surface area (TPSA) is 60.9 Å². The molecule has 0 aliphatic rings. The molecule has 0 spiro atoms. The molecular weight excluding hydrogens is 130 g/mol. The number of nitrogens with zero attached hydrogens (tertiary/aromatic N) is 1. The van der Waals surface area contributed by atoms with Crippen molar-refractivity contribution in [3.63, 3.8) is 0 Å². The molecule has 0 unspecified atom stereocenters. The lowest BCUT2D eigenvalue weighted by Gasteiger charge is -1.99. The minimum absolute atomic E-state index is 0.131. The number of H-pyrrole nitrogens is 1. The second-order valence-corrected chi connectivity index (χ2v) is 2.03. The summed E-state index contributed by atoms with van der Waals surface area (Å²) < 4.78 is 0. The quantitative estimate of drug-likeness (QED) is 0.560. The standard InChI is InChI=1S/C6H11N3O/c1-5-6(7-2-3-10)9-4-8-5/h4,7,10H,2-3H2,1H3,(H,8,9). The SMILES string of the molecule is Cc1[nH]cnc1NCCO. The summed E-state index contributed by atoms with van der Waals surface area (Å²) in [6, 6.07) is 0. The zero-order valence-corrected chi connectivity index (χ0v) is 5.89. The van der Waals surface area contributed by atoms with Crippen molar-refractivity contribution in [3.05, 3.63) is 12.0 Å². The Bertz CT molecular complexity index is 197. The van der Waals surface area contributed by atoms with Crippen molar-refractivity contribution < 1.29 is 5.11 Å². The number of aliphatic hydroxyl groups is 1. The Morgan fingerprint density at radius 1 is 1.80 bits per heavy atom. The summed E-state index contributed by atoms with van der Waals surface area (Å²) in [4.78, 5) is 6.90. The van der Waals surface area contributed by atoms with Crippen molar-refractivity contribution in [2.45, 2.75) is 6.92 Å². The zero-order valence-electron chi connectivity index (χ0n) is 5.89. The van der Waals surface area contributed by atoms with Crippen LogP contribution >= 0.6 is 0 Å². The van der Waals surface area contributed by atoms with Crippen LogP contribution in [0.2, 0.25) is 0 Å². The Morgan fingerprint density at radius 2 is 2.60 bits per heavy atom. The maximum atomic E-state index is 8.46. The van der Waals surface area contributed by atoms with Crippen LogP contribution < -0.4 is 5.32 Å². The fourth-order valence-corrected chi connectivity index (χ4v) is 0.711. The van der Waals surface area contributed by atoms with Crippen molar-refractivity contribution in [2.75, 3.05) is 18.5 Å². The molecule has 0 fully saturated rings. The number of rotatable bonds is 3. The molecule has 0 bridgehead atoms. The first-order valence-corrected chi connectivity index (χ1v) is 3.19. The van der Waals surface area contributed by atoms with Crippen LogP contribution in [-0.4, -0.2) is 28.2 Å². The van der Waals surface area contributed by atoms with Crippen LogP contribution in [0.3, 0.4) is 0 Å². The molecule has 0 amide bonds. The highest BCUT2D eigenvalue weighted by atomic mass is 16.3. The molecule has 1 aromatic rings. The van der Waals surface area contributed by atoms with Crippen LogP contribution in [0.15, 0.2) is 6.33 Å². The van der Waals surface area contributed by atoms with Gasteiger partial charge in [-0.05, 0) is 6.92 Å². The number of anilines is 1. The maximum absolute atomic E-state index is 8.46. The first-order valence-electron chi connectivity index (χ1n) is 3.19. The number of aliphatic hydroxyl groups excluding tert-OH is 1. The van der Waals surface area contributed by atoms with Gasteiger partial charge in [-0.1, -0.05) is 0 Å². The molecule has 1 aromatic heterocycles. The van der Waals surface area contributed by atoms with Crippen LogP contribution in [0.25, 0.3) is 0 Å². The Morgan fingerprint density at radius 3 is 3.10 bits per heavy atom. The molecular formula is C6H11N3O. The second kappa shape index (κ2) is 3.22. The molecule has 0 saturated heterocycles. The Kier molecular flexibility index (Phi) is 2.28. The molecule has 1 heterocycles. The average Bonchev–Trinajstić information content (AvgIpc) is 2.31. The van der Waals surface area contributed by atoms with E-state index in [1.807, 2.05) is 6.92 Å². The first-order chi connectivity index (χ1) is 4.84. The van der Waals surface area contributed by atoms with Gasteiger partial charge in [-0.2, -0.15) is 0 Å². The molecule has 4 nitrogen and oxygen atoms in total. The smallest absolute Gasteiger partial charge is 0.147 e. The van der Waals surface area contributed by atoms with Crippen LogP contribution in [0.4, 0.5) is 5.82 Å². The van der Waals surface area contributed by atoms with E-state index in [0.29, 0.717) is 6.54 Å². The first kappa shape index (κ1) is 7.08. The highest BCUT2D eigenvalue weighted by Crippen LogP contribution is 2.05. The van der Waals surface area contributed by atoms with Gasteiger partial charge in [0, 0.05) is 6.54 Å². The summed E-state index contributed by atoms with van der Waals surface area (Å²) in [6.07, 6.45) is 1.62. The molecule has 0 aliphatic carbocycles. The summed E-state index contributed by atoms with van der Waals surface area (Å²) in [6.45, 7) is 2.60. The van der Waals surface area contributed by atoms with E-state index in [9.17, 15) is 0 Å². The minimum atomic E-state index is 0.131. The van der Waals surface area contributed by atoms with Crippen LogP contribution in [-0.2, 0) is 0 Å². The van der Waals surface area contributed by atoms with Gasteiger partial charge < -0.3 is 15.4 Å². The van der Waals surface area contributed by atoms with Crippen molar-refractivity contribution >= 4 is 5.82 Å². The van der Waals surface area contributed by atoms with Crippen LogP contribution in [0.1, 0.15) is 5.69 Å². The lowest BCUT2D eigenvalue weighted by molar-refractivity contribution is 0.311. The van der Waals surface area contributed by atoms with Gasteiger partial charge in [-0.3, -0.25) is 0 Å². The zero-order chi connectivity index (χ0) is 7.40. The van der Waals surface area contributed by atoms with Crippen molar-refractivity contribution in [1.29, 1.82) is 0 Å². The summed E-state index contributed by atoms with van der Waals surface area (Å²) in [7, 11) is 0. The maximum Gasteiger partial charge on any atom is 0.147 e. The largest absolute Gasteiger partial charge is 0.395 e. The third kappa shape index (κ3) is 1.48. The molecule has 3 N–H and O–H groups in total. The Labute approximate surface area is 59.3 Å². The fraction of sp³-hybridized carbons (Fsp3) is 0.500. The molecule has 10 heavy (non-hydrogen) atoms. The van der Waals surface area contributed by atoms with E-state index in [-0.39, 0.29) is 6.61 Å². The van der Waals surface area contributed by atoms with Crippen LogP contribution in [0, 0.1) is 6.92 Å². The number of nitrogens with one attached hydrogen (secondary N) is 2. The lowest BCUT2D eigenvalue weighted by Crippen LogP contribution is -2.06. The fourth-order valence-electron chi connectivity index (χ4n) is 0.711. The highest BCUT2D eigenvalue weighted by Gasteiger charge is 1.96. The number of hydrogen-bond donors (Lipinski definition) is 3. The number of aromatic nitrogens is 2. The number of hydrogen-bond acceptors (Lipinski definition) is 3. The number of imidazole rings is 1. The van der Waals surface area contributed by atoms with E-state index in [4.69, 9.17) is 5.11 Å².